The molecule has 0 unspecified atom stereocenters. The summed E-state index contributed by atoms with van der Waals surface area (Å²) in [5.41, 5.74) is 2.26. The summed E-state index contributed by atoms with van der Waals surface area (Å²) in [4.78, 5) is 33.5. The van der Waals surface area contributed by atoms with E-state index in [2.05, 4.69) is 10.3 Å². The number of nitrogens with zero attached hydrogens (tertiary/aromatic N) is 3. The number of carbonyl (C=O) groups excluding carboxylic acids is 2. The molecule has 2 aromatic carbocycles. The van der Waals surface area contributed by atoms with Gasteiger partial charge in [0.1, 0.15) is 11.8 Å². The molecule has 1 atom stereocenters. The first-order chi connectivity index (χ1) is 15.6. The molecule has 1 aliphatic rings. The Labute approximate surface area is 191 Å². The lowest BCUT2D eigenvalue weighted by Gasteiger charge is -2.24. The van der Waals surface area contributed by atoms with Crippen LogP contribution in [-0.4, -0.2) is 40.0 Å². The lowest BCUT2D eigenvalue weighted by molar-refractivity contribution is -0.124. The zero-order valence-electron chi connectivity index (χ0n) is 17.5. The summed E-state index contributed by atoms with van der Waals surface area (Å²) in [5, 5.41) is 3.22. The van der Waals surface area contributed by atoms with Gasteiger partial charge in [0.2, 0.25) is 5.91 Å². The maximum absolute atomic E-state index is 13.4. The van der Waals surface area contributed by atoms with Gasteiger partial charge in [-0.15, -0.1) is 0 Å². The van der Waals surface area contributed by atoms with E-state index in [9.17, 15) is 9.59 Å². The first-order valence-electron chi connectivity index (χ1n) is 10.1. The Morgan fingerprint density at radius 3 is 2.41 bits per heavy atom. The van der Waals surface area contributed by atoms with Crippen molar-refractivity contribution in [1.82, 2.24) is 9.88 Å². The third-order valence-corrected chi connectivity index (χ3v) is 5.60. The molecule has 0 saturated carbocycles. The van der Waals surface area contributed by atoms with Gasteiger partial charge in [0.05, 0.1) is 19.2 Å². The van der Waals surface area contributed by atoms with Gasteiger partial charge < -0.3 is 15.0 Å². The van der Waals surface area contributed by atoms with Crippen LogP contribution in [0.3, 0.4) is 0 Å². The minimum atomic E-state index is -0.714. The maximum atomic E-state index is 13.4. The summed E-state index contributed by atoms with van der Waals surface area (Å²) in [6.45, 7) is 0.400. The highest BCUT2D eigenvalue weighted by molar-refractivity contribution is 7.80. The van der Waals surface area contributed by atoms with Crippen LogP contribution in [0.4, 0.5) is 11.4 Å². The van der Waals surface area contributed by atoms with Crippen LogP contribution in [0.2, 0.25) is 0 Å². The molecule has 2 heterocycles. The zero-order valence-corrected chi connectivity index (χ0v) is 18.3. The third-order valence-electron chi connectivity index (χ3n) is 5.19. The molecule has 2 amide bonds. The smallest absolute Gasteiger partial charge is 0.256 e. The molecule has 8 heteroatoms. The van der Waals surface area contributed by atoms with Crippen LogP contribution >= 0.6 is 12.2 Å². The van der Waals surface area contributed by atoms with Crippen molar-refractivity contribution in [2.24, 2.45) is 0 Å². The van der Waals surface area contributed by atoms with E-state index in [1.807, 2.05) is 42.5 Å². The van der Waals surface area contributed by atoms with Crippen molar-refractivity contribution in [3.05, 3.63) is 84.7 Å². The molecule has 1 aliphatic heterocycles. The molecule has 0 radical (unpaired) electrons. The average molecular weight is 447 g/mol. The molecule has 0 spiro atoms. The van der Waals surface area contributed by atoms with Gasteiger partial charge in [0.25, 0.3) is 5.91 Å². The standard InChI is InChI=1S/C24H22N4O3S/c1-31-20-9-7-18(8-10-20)26-22(29)15-21-23(30)28(19-5-3-2-4-6-19)24(32)27(21)16-17-11-13-25-14-12-17/h2-14,21H,15-16H2,1H3,(H,26,29)/t21-/m1/s1. The number of para-hydroxylation sites is 1. The second-order valence-electron chi connectivity index (χ2n) is 7.27. The number of benzene rings is 2. The molecule has 4 rings (SSSR count). The van der Waals surface area contributed by atoms with Crippen LogP contribution in [0.15, 0.2) is 79.1 Å². The molecule has 1 fully saturated rings. The van der Waals surface area contributed by atoms with E-state index in [1.165, 1.54) is 4.90 Å². The summed E-state index contributed by atoms with van der Waals surface area (Å²) in [6, 6.07) is 19.3. The number of hydrogen-bond donors (Lipinski definition) is 1. The maximum Gasteiger partial charge on any atom is 0.256 e. The molecule has 162 valence electrons. The summed E-state index contributed by atoms with van der Waals surface area (Å²) in [6.07, 6.45) is 3.35. The fourth-order valence-electron chi connectivity index (χ4n) is 3.58. The summed E-state index contributed by atoms with van der Waals surface area (Å²) in [7, 11) is 1.58. The number of aromatic nitrogens is 1. The molecule has 7 nitrogen and oxygen atoms in total. The van der Waals surface area contributed by atoms with Gasteiger partial charge in [-0.2, -0.15) is 0 Å². The van der Waals surface area contributed by atoms with Gasteiger partial charge in [-0.25, -0.2) is 0 Å². The third kappa shape index (κ3) is 4.60. The number of anilines is 2. The number of thiocarbonyl (C=S) groups is 1. The van der Waals surface area contributed by atoms with Gasteiger partial charge in [0.15, 0.2) is 5.11 Å². The number of carbonyl (C=O) groups is 2. The Kier molecular flexibility index (Phi) is 6.42. The zero-order chi connectivity index (χ0) is 22.5. The highest BCUT2D eigenvalue weighted by Gasteiger charge is 2.44. The first-order valence-corrected chi connectivity index (χ1v) is 10.5. The van der Waals surface area contributed by atoms with Crippen molar-refractivity contribution >= 4 is 40.5 Å². The molecular formula is C24H22N4O3S. The van der Waals surface area contributed by atoms with E-state index in [4.69, 9.17) is 17.0 Å². The number of rotatable bonds is 7. The fraction of sp³-hybridized carbons (Fsp3) is 0.167. The number of pyridine rings is 1. The summed E-state index contributed by atoms with van der Waals surface area (Å²) >= 11 is 5.68. The van der Waals surface area contributed by atoms with Crippen LogP contribution in [0.25, 0.3) is 0 Å². The Bertz CT molecular complexity index is 1110. The van der Waals surface area contributed by atoms with Crippen LogP contribution in [0, 0.1) is 0 Å². The van der Waals surface area contributed by atoms with Gasteiger partial charge >= 0.3 is 0 Å². The van der Waals surface area contributed by atoms with E-state index >= 15 is 0 Å². The average Bonchev–Trinajstić information content (AvgIpc) is 3.04. The largest absolute Gasteiger partial charge is 0.497 e. The highest BCUT2D eigenvalue weighted by Crippen LogP contribution is 2.28. The molecule has 0 aliphatic carbocycles. The molecule has 1 N–H and O–H groups in total. The Morgan fingerprint density at radius 1 is 1.06 bits per heavy atom. The lowest BCUT2D eigenvalue weighted by Crippen LogP contribution is -2.37. The molecular weight excluding hydrogens is 424 g/mol. The molecule has 1 saturated heterocycles. The van der Waals surface area contributed by atoms with Crippen LogP contribution in [-0.2, 0) is 16.1 Å². The van der Waals surface area contributed by atoms with Crippen molar-refractivity contribution in [1.29, 1.82) is 0 Å². The monoisotopic (exact) mass is 446 g/mol. The van der Waals surface area contributed by atoms with E-state index in [1.54, 1.807) is 48.7 Å². The predicted octanol–water partition coefficient (Wildman–Crippen LogP) is 3.62. The predicted molar refractivity (Wildman–Crippen MR) is 126 cm³/mol. The van der Waals surface area contributed by atoms with E-state index < -0.39 is 6.04 Å². The van der Waals surface area contributed by atoms with Crippen molar-refractivity contribution < 1.29 is 14.3 Å². The van der Waals surface area contributed by atoms with Crippen LogP contribution < -0.4 is 15.0 Å². The SMILES string of the molecule is COc1ccc(NC(=O)C[C@@H]2C(=O)N(c3ccccc3)C(=S)N2Cc2ccncc2)cc1. The topological polar surface area (TPSA) is 74.8 Å². The normalized spacial score (nSPS) is 15.7. The van der Waals surface area contributed by atoms with Crippen LogP contribution in [0.5, 0.6) is 5.75 Å². The highest BCUT2D eigenvalue weighted by atomic mass is 32.1. The number of methoxy groups -OCH3 is 1. The minimum absolute atomic E-state index is 0.0284. The van der Waals surface area contributed by atoms with E-state index in [-0.39, 0.29) is 18.2 Å². The quantitative estimate of drug-likeness (QED) is 0.559. The van der Waals surface area contributed by atoms with E-state index in [0.717, 1.165) is 5.56 Å². The fourth-order valence-corrected chi connectivity index (χ4v) is 3.96. The lowest BCUT2D eigenvalue weighted by atomic mass is 10.1. The number of nitrogens with one attached hydrogen (secondary N) is 1. The summed E-state index contributed by atoms with van der Waals surface area (Å²) < 4.78 is 5.14. The van der Waals surface area contributed by atoms with E-state index in [0.29, 0.717) is 28.8 Å². The molecule has 3 aromatic rings. The number of ether oxygens (including phenoxy) is 1. The van der Waals surface area contributed by atoms with Crippen molar-refractivity contribution in [3.8, 4) is 5.75 Å². The Hall–Kier alpha value is -3.78. The van der Waals surface area contributed by atoms with Gasteiger partial charge in [0, 0.05) is 24.6 Å². The van der Waals surface area contributed by atoms with Gasteiger partial charge in [-0.1, -0.05) is 18.2 Å². The van der Waals surface area contributed by atoms with Crippen LogP contribution in [0.1, 0.15) is 12.0 Å². The molecule has 32 heavy (non-hydrogen) atoms. The minimum Gasteiger partial charge on any atom is -0.497 e. The van der Waals surface area contributed by atoms with Crippen molar-refractivity contribution in [2.75, 3.05) is 17.3 Å². The Balaban J connectivity index is 1.56. The Morgan fingerprint density at radius 2 is 1.75 bits per heavy atom. The number of hydrogen-bond acceptors (Lipinski definition) is 5. The van der Waals surface area contributed by atoms with Crippen molar-refractivity contribution in [2.45, 2.75) is 19.0 Å². The van der Waals surface area contributed by atoms with Crippen molar-refractivity contribution in [3.63, 3.8) is 0 Å². The number of amides is 2. The van der Waals surface area contributed by atoms with Gasteiger partial charge in [-0.05, 0) is 66.3 Å². The molecule has 1 aromatic heterocycles. The van der Waals surface area contributed by atoms with Gasteiger partial charge in [-0.3, -0.25) is 19.5 Å². The first kappa shape index (κ1) is 21.5. The molecule has 0 bridgehead atoms. The second kappa shape index (κ2) is 9.57. The summed E-state index contributed by atoms with van der Waals surface area (Å²) in [5.74, 6) is 0.201. The second-order valence-corrected chi connectivity index (χ2v) is 7.64.